The Balaban J connectivity index is 0.809. The summed E-state index contributed by atoms with van der Waals surface area (Å²) in [6.45, 7) is 6.06. The molecule has 8 aromatic rings. The molecule has 6 N–H and O–H groups in total. The third kappa shape index (κ3) is 9.16. The molecule has 6 atom stereocenters. The minimum absolute atomic E-state index is 0.0452. The Labute approximate surface area is 399 Å². The van der Waals surface area contributed by atoms with E-state index in [1.54, 1.807) is 34.7 Å². The quantitative estimate of drug-likeness (QED) is 0.0712. The largest absolute Gasteiger partial charge is 0.387 e. The lowest BCUT2D eigenvalue weighted by Crippen LogP contribution is -2.33. The Morgan fingerprint density at radius 1 is 0.614 bits per heavy atom. The van der Waals surface area contributed by atoms with Crippen LogP contribution >= 0.6 is 0 Å². The number of ether oxygens (including phenoxy) is 2. The van der Waals surface area contributed by atoms with Crippen LogP contribution in [0.25, 0.3) is 22.3 Å². The average Bonchev–Trinajstić information content (AvgIpc) is 4.22. The first kappa shape index (κ1) is 45.2. The fraction of sp³-hybridized carbons (Fsp3) is 0.571. The van der Waals surface area contributed by atoms with E-state index < -0.39 is 24.5 Å². The minimum atomic E-state index is -1.34. The molecule has 3 fully saturated rings. The van der Waals surface area contributed by atoms with Crippen molar-refractivity contribution in [3.8, 4) is 0 Å². The van der Waals surface area contributed by atoms with E-state index in [2.05, 4.69) is 62.1 Å². The van der Waals surface area contributed by atoms with Crippen molar-refractivity contribution in [2.24, 2.45) is 14.1 Å². The summed E-state index contributed by atoms with van der Waals surface area (Å²) >= 11 is 0. The van der Waals surface area contributed by atoms with Gasteiger partial charge in [0.05, 0.1) is 49.8 Å². The molecule has 8 aromatic heterocycles. The van der Waals surface area contributed by atoms with Crippen molar-refractivity contribution in [1.82, 2.24) is 98.6 Å². The van der Waals surface area contributed by atoms with Gasteiger partial charge in [-0.2, -0.15) is 29.5 Å². The number of anilines is 4. The van der Waals surface area contributed by atoms with Crippen molar-refractivity contribution in [3.05, 3.63) is 60.7 Å². The number of aliphatic hydroxyl groups excluding tert-OH is 2. The summed E-state index contributed by atoms with van der Waals surface area (Å²) in [5, 5.41) is 61.9. The lowest BCUT2D eigenvalue weighted by Gasteiger charge is -2.30. The third-order valence-electron chi connectivity index (χ3n) is 13.0. The summed E-state index contributed by atoms with van der Waals surface area (Å²) < 4.78 is 20.1. The first-order valence-corrected chi connectivity index (χ1v) is 23.8. The van der Waals surface area contributed by atoms with E-state index in [4.69, 9.17) is 39.4 Å². The summed E-state index contributed by atoms with van der Waals surface area (Å²) in [5.74, 6) is 2.75. The zero-order valence-corrected chi connectivity index (χ0v) is 39.2. The van der Waals surface area contributed by atoms with Gasteiger partial charge in [-0.3, -0.25) is 9.13 Å². The normalized spacial score (nSPS) is 23.7. The van der Waals surface area contributed by atoms with Crippen molar-refractivity contribution < 1.29 is 19.7 Å². The molecule has 2 aliphatic heterocycles. The number of rotatable bonds is 18. The molecule has 1 aliphatic carbocycles. The Morgan fingerprint density at radius 2 is 1.16 bits per heavy atom. The second-order valence-corrected chi connectivity index (χ2v) is 17.9. The standard InChI is InChI=1S/C42H56N24O4/c1-5-65-57-34(55-59-65)27-11-12-28(69-27)63-21-47-29-35(51-41(53-38(29)63)43-15-13-25-17-61(3)19-45-25)49-23-7-9-24(10-8-23)50-36-30-39(54-42(52-36)44-16-14-26-18-62(4)20-46-26)64(22-48-30)40-32(68)31(67)33(70-40)37-56-60-66(6-2)58-37/h17-24,27-28,31-33,40,67-68H,5-16H2,1-4H3,(H2,43,49,51,53)(H2,44,50,52,54)/t23?,24?,27-,28+,31?,32?,33?,40?/m0/s1. The van der Waals surface area contributed by atoms with Gasteiger partial charge in [-0.25, -0.2) is 19.9 Å². The van der Waals surface area contributed by atoms with Crippen LogP contribution in [0.2, 0.25) is 0 Å². The van der Waals surface area contributed by atoms with Crippen LogP contribution in [0.3, 0.4) is 0 Å². The van der Waals surface area contributed by atoms with E-state index in [9.17, 15) is 10.2 Å². The molecule has 0 spiro atoms. The van der Waals surface area contributed by atoms with Gasteiger partial charge in [0.15, 0.2) is 46.3 Å². The van der Waals surface area contributed by atoms with Gasteiger partial charge in [-0.15, -0.1) is 20.4 Å². The Hall–Kier alpha value is -7.30. The van der Waals surface area contributed by atoms with Crippen LogP contribution in [0.1, 0.15) is 100 Å². The van der Waals surface area contributed by atoms with Crippen molar-refractivity contribution in [2.75, 3.05) is 34.4 Å². The lowest BCUT2D eigenvalue weighted by molar-refractivity contribution is -0.0384. The van der Waals surface area contributed by atoms with Gasteiger partial charge in [0.25, 0.3) is 0 Å². The SMILES string of the molecule is CCn1nnc(C2OC(n3cnc4c(NC5CCC(Nc6nc(NCCc7cn(C)cn7)nc7c6ncn7[C@H]6CC[C@@H](c7nnn(CC)n7)O6)CC5)nc(NCCc5cn(C)cn5)nc43)C(O)C2O)n1. The minimum Gasteiger partial charge on any atom is -0.387 e. The summed E-state index contributed by atoms with van der Waals surface area (Å²) in [4.78, 5) is 41.2. The van der Waals surface area contributed by atoms with E-state index in [0.29, 0.717) is 90.7 Å². The van der Waals surface area contributed by atoms with Crippen molar-refractivity contribution >= 4 is 45.9 Å². The van der Waals surface area contributed by atoms with Crippen molar-refractivity contribution in [3.63, 3.8) is 0 Å². The zero-order valence-electron chi connectivity index (χ0n) is 39.2. The Kier molecular flexibility index (Phi) is 12.4. The molecule has 0 amide bonds. The van der Waals surface area contributed by atoms with Gasteiger partial charge < -0.3 is 50.1 Å². The molecule has 70 heavy (non-hydrogen) atoms. The Bertz CT molecular complexity index is 3060. The molecule has 4 unspecified atom stereocenters. The molecule has 0 radical (unpaired) electrons. The van der Waals surface area contributed by atoms with Crippen molar-refractivity contribution in [2.45, 2.75) is 127 Å². The van der Waals surface area contributed by atoms with Crippen LogP contribution in [0.5, 0.6) is 0 Å². The molecule has 2 saturated heterocycles. The molecule has 368 valence electrons. The maximum Gasteiger partial charge on any atom is 0.226 e. The highest BCUT2D eigenvalue weighted by Crippen LogP contribution is 2.41. The van der Waals surface area contributed by atoms with Gasteiger partial charge >= 0.3 is 0 Å². The highest BCUT2D eigenvalue weighted by Gasteiger charge is 2.47. The first-order chi connectivity index (χ1) is 34.2. The van der Waals surface area contributed by atoms with Gasteiger partial charge in [-0.1, -0.05) is 0 Å². The van der Waals surface area contributed by atoms with E-state index in [1.165, 1.54) is 4.80 Å². The highest BCUT2D eigenvalue weighted by molar-refractivity contribution is 5.85. The van der Waals surface area contributed by atoms with E-state index in [-0.39, 0.29) is 30.2 Å². The lowest BCUT2D eigenvalue weighted by atomic mass is 9.91. The fourth-order valence-electron chi connectivity index (χ4n) is 9.29. The molecule has 28 nitrogen and oxygen atoms in total. The third-order valence-corrected chi connectivity index (χ3v) is 13.0. The van der Waals surface area contributed by atoms with Crippen LogP contribution in [0.4, 0.5) is 23.5 Å². The van der Waals surface area contributed by atoms with Crippen LogP contribution < -0.4 is 21.3 Å². The van der Waals surface area contributed by atoms with E-state index in [0.717, 1.165) is 49.9 Å². The average molecular weight is 961 g/mol. The molecule has 3 aliphatic rings. The molecular weight excluding hydrogens is 905 g/mol. The number of tetrazole rings is 2. The number of aromatic nitrogens is 20. The summed E-state index contributed by atoms with van der Waals surface area (Å²) in [6, 6.07) is 0.132. The molecule has 10 heterocycles. The number of hydrogen-bond acceptors (Lipinski definition) is 22. The highest BCUT2D eigenvalue weighted by atomic mass is 16.6. The number of nitrogens with zero attached hydrogens (tertiary/aromatic N) is 20. The maximum absolute atomic E-state index is 11.3. The summed E-state index contributed by atoms with van der Waals surface area (Å²) in [7, 11) is 3.89. The second kappa shape index (κ2) is 19.2. The van der Waals surface area contributed by atoms with Gasteiger partial charge in [0.2, 0.25) is 23.5 Å². The zero-order chi connectivity index (χ0) is 47.9. The number of aliphatic hydroxyl groups is 2. The van der Waals surface area contributed by atoms with Crippen molar-refractivity contribution in [1.29, 1.82) is 0 Å². The predicted molar refractivity (Wildman–Crippen MR) is 249 cm³/mol. The van der Waals surface area contributed by atoms with Gasteiger partial charge in [-0.05, 0) is 62.8 Å². The van der Waals surface area contributed by atoms with Gasteiger partial charge in [0, 0.05) is 64.5 Å². The maximum atomic E-state index is 11.3. The topological polar surface area (TPSA) is 317 Å². The molecule has 11 rings (SSSR count). The summed E-state index contributed by atoms with van der Waals surface area (Å²) in [5.41, 5.74) is 4.10. The number of imidazole rings is 4. The molecule has 0 aromatic carbocycles. The second-order valence-electron chi connectivity index (χ2n) is 17.9. The molecular formula is C42H56N24O4. The number of nitrogens with one attached hydrogen (secondary N) is 4. The smallest absolute Gasteiger partial charge is 0.226 e. The molecule has 28 heteroatoms. The monoisotopic (exact) mass is 960 g/mol. The van der Waals surface area contributed by atoms with Crippen LogP contribution in [-0.2, 0) is 49.5 Å². The first-order valence-electron chi connectivity index (χ1n) is 23.8. The number of fused-ring (bicyclic) bond motifs is 2. The van der Waals surface area contributed by atoms with E-state index >= 15 is 0 Å². The van der Waals surface area contributed by atoms with Gasteiger partial charge in [0.1, 0.15) is 24.5 Å². The van der Waals surface area contributed by atoms with Crippen LogP contribution in [0, 0.1) is 0 Å². The number of aryl methyl sites for hydroxylation is 4. The van der Waals surface area contributed by atoms with E-state index in [1.807, 2.05) is 54.0 Å². The van der Waals surface area contributed by atoms with Crippen LogP contribution in [0.15, 0.2) is 37.7 Å². The molecule has 0 bridgehead atoms. The number of hydrogen-bond donors (Lipinski definition) is 6. The molecule has 1 saturated carbocycles. The summed E-state index contributed by atoms with van der Waals surface area (Å²) in [6.07, 6.45) is 11.6. The fourth-order valence-corrected chi connectivity index (χ4v) is 9.29. The predicted octanol–water partition coefficient (Wildman–Crippen LogP) is 1.63. The van der Waals surface area contributed by atoms with Crippen LogP contribution in [-0.4, -0.2) is 146 Å². The Morgan fingerprint density at radius 3 is 1.70 bits per heavy atom.